The first-order valence-corrected chi connectivity index (χ1v) is 7.64. The van der Waals surface area contributed by atoms with Crippen LogP contribution in [-0.2, 0) is 19.1 Å². The van der Waals surface area contributed by atoms with Crippen LogP contribution in [0.4, 0.5) is 0 Å². The summed E-state index contributed by atoms with van der Waals surface area (Å²) >= 11 is 0. The lowest BCUT2D eigenvalue weighted by Crippen LogP contribution is -1.99. The molecule has 1 heterocycles. The van der Waals surface area contributed by atoms with Crippen LogP contribution in [0.5, 0.6) is 0 Å². The molecule has 126 valence electrons. The zero-order valence-corrected chi connectivity index (χ0v) is 13.9. The van der Waals surface area contributed by atoms with Gasteiger partial charge in [0.25, 0.3) is 0 Å². The third-order valence-electron chi connectivity index (χ3n) is 2.57. The topological polar surface area (TPSA) is 78.4 Å². The molecule has 0 unspecified atom stereocenters. The molecule has 0 spiro atoms. The Labute approximate surface area is 142 Å². The van der Waals surface area contributed by atoms with Gasteiger partial charge in [0.15, 0.2) is 0 Å². The van der Waals surface area contributed by atoms with E-state index < -0.39 is 0 Å². The number of esters is 2. The van der Waals surface area contributed by atoms with Crippen molar-refractivity contribution in [3.05, 3.63) is 23.8 Å². The second-order valence-electron chi connectivity index (χ2n) is 4.78. The first-order chi connectivity index (χ1) is 11.6. The summed E-state index contributed by atoms with van der Waals surface area (Å²) in [6.45, 7) is 3.50. The average Bonchev–Trinajstić information content (AvgIpc) is 2.54. The minimum Gasteiger partial charge on any atom is -0.466 e. The minimum atomic E-state index is -0.284. The number of ether oxygens (including phenoxy) is 2. The monoisotopic (exact) mass is 328 g/mol. The average molecular weight is 328 g/mol. The van der Waals surface area contributed by atoms with Crippen LogP contribution < -0.4 is 0 Å². The summed E-state index contributed by atoms with van der Waals surface area (Å²) in [6, 6.07) is 0. The fraction of sp³-hybridized carbons (Fsp3) is 0.444. The maximum Gasteiger partial charge on any atom is 0.302 e. The smallest absolute Gasteiger partial charge is 0.302 e. The third kappa shape index (κ3) is 9.97. The Morgan fingerprint density at radius 2 is 1.38 bits per heavy atom. The summed E-state index contributed by atoms with van der Waals surface area (Å²) in [4.78, 5) is 29.5. The number of aromatic nitrogens is 2. The van der Waals surface area contributed by atoms with Crippen LogP contribution in [0.25, 0.3) is 0 Å². The molecule has 0 saturated carbocycles. The molecule has 1 aromatic heterocycles. The number of carbonyl (C=O) groups is 2. The van der Waals surface area contributed by atoms with Crippen molar-refractivity contribution in [2.75, 3.05) is 13.2 Å². The molecule has 24 heavy (non-hydrogen) atoms. The first-order valence-electron chi connectivity index (χ1n) is 7.64. The van der Waals surface area contributed by atoms with Gasteiger partial charge in [-0.05, 0) is 24.7 Å². The molecule has 0 aromatic carbocycles. The van der Waals surface area contributed by atoms with Crippen molar-refractivity contribution in [2.45, 2.75) is 39.5 Å². The quantitative estimate of drug-likeness (QED) is 0.451. The standard InChI is InChI=1S/C18H20N2O4/c1-15(21)23-11-7-3-5-9-17-13-19-14-18(20-17)10-6-4-8-12-24-16(2)22/h13-14H,3-4,7-8,11-12H2,1-2H3. The normalized spacial score (nSPS) is 9.08. The highest BCUT2D eigenvalue weighted by atomic mass is 16.5. The zero-order chi connectivity index (χ0) is 17.6. The van der Waals surface area contributed by atoms with Crippen LogP contribution >= 0.6 is 0 Å². The Hall–Kier alpha value is -2.86. The lowest BCUT2D eigenvalue weighted by molar-refractivity contribution is -0.141. The second-order valence-corrected chi connectivity index (χ2v) is 4.78. The molecule has 0 bridgehead atoms. The molecule has 6 heteroatoms. The van der Waals surface area contributed by atoms with E-state index in [9.17, 15) is 9.59 Å². The molecule has 0 radical (unpaired) electrons. The predicted molar refractivity (Wildman–Crippen MR) is 87.5 cm³/mol. The Morgan fingerprint density at radius 3 is 1.79 bits per heavy atom. The summed E-state index contributed by atoms with van der Waals surface area (Å²) < 4.78 is 9.64. The van der Waals surface area contributed by atoms with Gasteiger partial charge >= 0.3 is 11.9 Å². The van der Waals surface area contributed by atoms with Crippen molar-refractivity contribution in [3.63, 3.8) is 0 Å². The van der Waals surface area contributed by atoms with E-state index in [1.807, 2.05) is 0 Å². The number of nitrogens with zero attached hydrogens (tertiary/aromatic N) is 2. The highest BCUT2D eigenvalue weighted by Gasteiger charge is 1.94. The van der Waals surface area contributed by atoms with Gasteiger partial charge in [0.05, 0.1) is 25.6 Å². The Kier molecular flexibility index (Phi) is 9.33. The van der Waals surface area contributed by atoms with Gasteiger partial charge in [0.1, 0.15) is 11.4 Å². The van der Waals surface area contributed by atoms with Gasteiger partial charge in [-0.3, -0.25) is 14.6 Å². The molecule has 0 aliphatic rings. The van der Waals surface area contributed by atoms with Gasteiger partial charge in [-0.2, -0.15) is 0 Å². The second kappa shape index (κ2) is 11.7. The lowest BCUT2D eigenvalue weighted by Gasteiger charge is -1.97. The molecule has 6 nitrogen and oxygen atoms in total. The van der Waals surface area contributed by atoms with Crippen LogP contribution in [0, 0.1) is 23.7 Å². The zero-order valence-electron chi connectivity index (χ0n) is 13.9. The summed E-state index contributed by atoms with van der Waals surface area (Å²) in [5.74, 6) is 11.2. The van der Waals surface area contributed by atoms with Gasteiger partial charge in [0, 0.05) is 26.7 Å². The molecule has 1 aromatic rings. The fourth-order valence-corrected chi connectivity index (χ4v) is 1.55. The molecule has 1 rings (SSSR count). The molecule has 0 amide bonds. The Morgan fingerprint density at radius 1 is 0.917 bits per heavy atom. The fourth-order valence-electron chi connectivity index (χ4n) is 1.55. The number of hydrogen-bond acceptors (Lipinski definition) is 6. The highest BCUT2D eigenvalue weighted by Crippen LogP contribution is 1.96. The van der Waals surface area contributed by atoms with Gasteiger partial charge in [-0.25, -0.2) is 4.98 Å². The number of rotatable bonds is 6. The number of unbranched alkanes of at least 4 members (excludes halogenated alkanes) is 2. The highest BCUT2D eigenvalue weighted by molar-refractivity contribution is 5.66. The molecule has 0 aliphatic heterocycles. The minimum absolute atomic E-state index is 0.284. The van der Waals surface area contributed by atoms with Crippen LogP contribution in [0.1, 0.15) is 50.9 Å². The van der Waals surface area contributed by atoms with Crippen molar-refractivity contribution < 1.29 is 19.1 Å². The van der Waals surface area contributed by atoms with Crippen LogP contribution in [-0.4, -0.2) is 35.1 Å². The van der Waals surface area contributed by atoms with E-state index in [4.69, 9.17) is 9.47 Å². The number of carbonyl (C=O) groups excluding carboxylic acids is 2. The van der Waals surface area contributed by atoms with E-state index in [-0.39, 0.29) is 11.9 Å². The maximum absolute atomic E-state index is 10.6. The van der Waals surface area contributed by atoms with Gasteiger partial charge in [-0.1, -0.05) is 11.8 Å². The van der Waals surface area contributed by atoms with Crippen molar-refractivity contribution in [1.82, 2.24) is 9.97 Å². The van der Waals surface area contributed by atoms with Crippen LogP contribution in [0.3, 0.4) is 0 Å². The molecule has 0 saturated heterocycles. The SMILES string of the molecule is CC(=O)OCCCC#Cc1cncc(C#CCCCOC(C)=O)n1. The van der Waals surface area contributed by atoms with E-state index in [2.05, 4.69) is 33.6 Å². The molecule has 0 N–H and O–H groups in total. The van der Waals surface area contributed by atoms with Crippen molar-refractivity contribution in [2.24, 2.45) is 0 Å². The maximum atomic E-state index is 10.6. The lowest BCUT2D eigenvalue weighted by atomic mass is 10.3. The van der Waals surface area contributed by atoms with E-state index in [1.165, 1.54) is 13.8 Å². The largest absolute Gasteiger partial charge is 0.466 e. The third-order valence-corrected chi connectivity index (χ3v) is 2.57. The summed E-state index contributed by atoms with van der Waals surface area (Å²) in [5.41, 5.74) is 1.10. The van der Waals surface area contributed by atoms with Crippen molar-refractivity contribution in [1.29, 1.82) is 0 Å². The summed E-state index contributed by atoms with van der Waals surface area (Å²) in [6.07, 6.45) is 5.74. The van der Waals surface area contributed by atoms with Crippen molar-refractivity contribution in [3.8, 4) is 23.7 Å². The van der Waals surface area contributed by atoms with E-state index in [0.29, 0.717) is 50.3 Å². The van der Waals surface area contributed by atoms with Crippen LogP contribution in [0.2, 0.25) is 0 Å². The molecular weight excluding hydrogens is 308 g/mol. The molecule has 0 atom stereocenters. The van der Waals surface area contributed by atoms with E-state index >= 15 is 0 Å². The predicted octanol–water partition coefficient (Wildman–Crippen LogP) is 1.87. The van der Waals surface area contributed by atoms with Crippen LogP contribution in [0.15, 0.2) is 12.4 Å². The van der Waals surface area contributed by atoms with Gasteiger partial charge in [0.2, 0.25) is 0 Å². The molecule has 0 aliphatic carbocycles. The molecule has 0 fully saturated rings. The first kappa shape index (κ1) is 19.2. The van der Waals surface area contributed by atoms with E-state index in [0.717, 1.165) is 0 Å². The Bertz CT molecular complexity index is 622. The van der Waals surface area contributed by atoms with Gasteiger partial charge in [-0.15, -0.1) is 0 Å². The Balaban J connectivity index is 2.38. The summed E-state index contributed by atoms with van der Waals surface area (Å²) in [5, 5.41) is 0. The van der Waals surface area contributed by atoms with Gasteiger partial charge < -0.3 is 9.47 Å². The summed E-state index contributed by atoms with van der Waals surface area (Å²) in [7, 11) is 0. The number of hydrogen-bond donors (Lipinski definition) is 0. The van der Waals surface area contributed by atoms with E-state index in [1.54, 1.807) is 12.4 Å². The molecular formula is C18H20N2O4. The van der Waals surface area contributed by atoms with Crippen molar-refractivity contribution >= 4 is 11.9 Å².